The number of nitrogens with zero attached hydrogens (tertiary/aromatic N) is 2. The molecule has 1 aromatic heterocycles. The van der Waals surface area contributed by atoms with Gasteiger partial charge >= 0.3 is 0 Å². The summed E-state index contributed by atoms with van der Waals surface area (Å²) in [5, 5.41) is 1.19. The van der Waals surface area contributed by atoms with Crippen molar-refractivity contribution in [3.05, 3.63) is 45.4 Å². The highest BCUT2D eigenvalue weighted by atomic mass is 32.1. The first-order valence-electron chi connectivity index (χ1n) is 6.58. The van der Waals surface area contributed by atoms with Gasteiger partial charge in [0, 0.05) is 17.1 Å². The van der Waals surface area contributed by atoms with Gasteiger partial charge in [0.1, 0.15) is 5.01 Å². The molecule has 0 aliphatic rings. The van der Waals surface area contributed by atoms with E-state index < -0.39 is 0 Å². The maximum Gasteiger partial charge on any atom is 0.107 e. The molecule has 0 spiro atoms. The first-order chi connectivity index (χ1) is 9.10. The van der Waals surface area contributed by atoms with Crippen molar-refractivity contribution in [3.8, 4) is 0 Å². The Bertz CT molecular complexity index is 529. The van der Waals surface area contributed by atoms with Crippen LogP contribution in [-0.2, 0) is 13.1 Å². The predicted octanol–water partition coefficient (Wildman–Crippen LogP) is 3.36. The van der Waals surface area contributed by atoms with Crippen LogP contribution >= 0.6 is 11.3 Å². The van der Waals surface area contributed by atoms with Crippen LogP contribution < -0.4 is 5.73 Å². The van der Waals surface area contributed by atoms with E-state index in [-0.39, 0.29) is 0 Å². The number of nitrogens with two attached hydrogens (primary N) is 1. The van der Waals surface area contributed by atoms with Crippen LogP contribution in [0.5, 0.6) is 0 Å². The summed E-state index contributed by atoms with van der Waals surface area (Å²) in [6, 6.07) is 8.07. The quantitative estimate of drug-likeness (QED) is 0.851. The van der Waals surface area contributed by atoms with Gasteiger partial charge in [-0.1, -0.05) is 25.1 Å². The number of aromatic nitrogens is 1. The third-order valence-electron chi connectivity index (χ3n) is 3.33. The number of hydrogen-bond donors (Lipinski definition) is 1. The number of rotatable bonds is 5. The molecule has 102 valence electrons. The molecule has 0 aliphatic heterocycles. The Morgan fingerprint density at radius 2 is 1.95 bits per heavy atom. The number of para-hydroxylation sites is 1. The zero-order valence-corrected chi connectivity index (χ0v) is 12.6. The Kier molecular flexibility index (Phi) is 4.56. The number of hydrogen-bond acceptors (Lipinski definition) is 4. The summed E-state index contributed by atoms with van der Waals surface area (Å²) in [5.41, 5.74) is 9.21. The maximum absolute atomic E-state index is 6.01. The molecule has 0 unspecified atom stereocenters. The number of anilines is 1. The Morgan fingerprint density at radius 1 is 1.21 bits per heavy atom. The third kappa shape index (κ3) is 3.55. The van der Waals surface area contributed by atoms with Gasteiger partial charge in [0.15, 0.2) is 0 Å². The van der Waals surface area contributed by atoms with Gasteiger partial charge in [-0.2, -0.15) is 0 Å². The van der Waals surface area contributed by atoms with Crippen LogP contribution in [0.2, 0.25) is 0 Å². The standard InChI is InChI=1S/C15H21N3S/c1-4-18(9-13-7-5-6-8-14(13)16)10-15-17-11(2)12(3)19-15/h5-8H,4,9-10,16H2,1-3H3. The van der Waals surface area contributed by atoms with Crippen molar-refractivity contribution in [3.63, 3.8) is 0 Å². The van der Waals surface area contributed by atoms with Gasteiger partial charge < -0.3 is 5.73 Å². The van der Waals surface area contributed by atoms with E-state index in [4.69, 9.17) is 5.73 Å². The molecule has 3 nitrogen and oxygen atoms in total. The van der Waals surface area contributed by atoms with Crippen molar-refractivity contribution in [1.29, 1.82) is 0 Å². The molecule has 0 atom stereocenters. The Balaban J connectivity index is 2.07. The Morgan fingerprint density at radius 3 is 2.53 bits per heavy atom. The smallest absolute Gasteiger partial charge is 0.107 e. The molecule has 1 aromatic carbocycles. The lowest BCUT2D eigenvalue weighted by Crippen LogP contribution is -2.22. The molecule has 2 N–H and O–H groups in total. The fraction of sp³-hybridized carbons (Fsp3) is 0.400. The highest BCUT2D eigenvalue weighted by Gasteiger charge is 2.10. The number of thiazole rings is 1. The van der Waals surface area contributed by atoms with Crippen molar-refractivity contribution in [2.75, 3.05) is 12.3 Å². The topological polar surface area (TPSA) is 42.2 Å². The van der Waals surface area contributed by atoms with Crippen LogP contribution in [0.1, 0.15) is 28.1 Å². The summed E-state index contributed by atoms with van der Waals surface area (Å²) in [5.74, 6) is 0. The summed E-state index contributed by atoms with van der Waals surface area (Å²) >= 11 is 1.79. The van der Waals surface area contributed by atoms with Gasteiger partial charge in [-0.15, -0.1) is 11.3 Å². The van der Waals surface area contributed by atoms with Gasteiger partial charge in [0.2, 0.25) is 0 Å². The van der Waals surface area contributed by atoms with Crippen molar-refractivity contribution >= 4 is 17.0 Å². The summed E-state index contributed by atoms with van der Waals surface area (Å²) in [6.07, 6.45) is 0. The van der Waals surface area contributed by atoms with Crippen molar-refractivity contribution in [2.45, 2.75) is 33.9 Å². The average molecular weight is 275 g/mol. The second-order valence-electron chi connectivity index (χ2n) is 4.75. The van der Waals surface area contributed by atoms with Crippen molar-refractivity contribution < 1.29 is 0 Å². The molecule has 0 bridgehead atoms. The summed E-state index contributed by atoms with van der Waals surface area (Å²) in [4.78, 5) is 8.28. The minimum atomic E-state index is 0.868. The van der Waals surface area contributed by atoms with Gasteiger partial charge in [-0.05, 0) is 32.0 Å². The fourth-order valence-corrected chi connectivity index (χ4v) is 2.97. The second kappa shape index (κ2) is 6.17. The fourth-order valence-electron chi connectivity index (χ4n) is 2.00. The van der Waals surface area contributed by atoms with Crippen LogP contribution in [0.4, 0.5) is 5.69 Å². The van der Waals surface area contributed by atoms with Crippen molar-refractivity contribution in [1.82, 2.24) is 9.88 Å². The molecule has 2 aromatic rings. The Hall–Kier alpha value is -1.39. The molecule has 0 saturated carbocycles. The molecular weight excluding hydrogens is 254 g/mol. The van der Waals surface area contributed by atoms with Crippen LogP contribution in [0.3, 0.4) is 0 Å². The number of aryl methyl sites for hydroxylation is 2. The minimum absolute atomic E-state index is 0.868. The van der Waals surface area contributed by atoms with Gasteiger partial charge in [0.05, 0.1) is 12.2 Å². The summed E-state index contributed by atoms with van der Waals surface area (Å²) in [6.45, 7) is 9.13. The maximum atomic E-state index is 6.01. The summed E-state index contributed by atoms with van der Waals surface area (Å²) < 4.78 is 0. The highest BCUT2D eigenvalue weighted by Crippen LogP contribution is 2.20. The average Bonchev–Trinajstić information content (AvgIpc) is 2.70. The molecule has 4 heteroatoms. The second-order valence-corrected chi connectivity index (χ2v) is 6.04. The molecule has 0 fully saturated rings. The van der Waals surface area contributed by atoms with Crippen molar-refractivity contribution in [2.24, 2.45) is 0 Å². The van der Waals surface area contributed by atoms with Crippen LogP contribution in [0.15, 0.2) is 24.3 Å². The van der Waals surface area contributed by atoms with E-state index in [1.54, 1.807) is 11.3 Å². The molecule has 0 saturated heterocycles. The van der Waals surface area contributed by atoms with E-state index in [2.05, 4.69) is 36.7 Å². The molecule has 0 aliphatic carbocycles. The molecule has 0 radical (unpaired) electrons. The SMILES string of the molecule is CCN(Cc1nc(C)c(C)s1)Cc1ccccc1N. The first-order valence-corrected chi connectivity index (χ1v) is 7.40. The minimum Gasteiger partial charge on any atom is -0.398 e. The number of nitrogen functional groups attached to an aromatic ring is 1. The molecule has 2 rings (SSSR count). The Labute approximate surface area is 119 Å². The molecule has 19 heavy (non-hydrogen) atoms. The van der Waals surface area contributed by atoms with Crippen LogP contribution in [0.25, 0.3) is 0 Å². The lowest BCUT2D eigenvalue weighted by molar-refractivity contribution is 0.271. The van der Waals surface area contributed by atoms with E-state index >= 15 is 0 Å². The van der Waals surface area contributed by atoms with Gasteiger partial charge in [-0.3, -0.25) is 4.90 Å². The predicted molar refractivity (Wildman–Crippen MR) is 82.2 cm³/mol. The van der Waals surface area contributed by atoms with E-state index in [9.17, 15) is 0 Å². The zero-order valence-electron chi connectivity index (χ0n) is 11.8. The first kappa shape index (κ1) is 14.0. The highest BCUT2D eigenvalue weighted by molar-refractivity contribution is 7.11. The van der Waals surface area contributed by atoms with Crippen LogP contribution in [-0.4, -0.2) is 16.4 Å². The normalized spacial score (nSPS) is 11.2. The lowest BCUT2D eigenvalue weighted by Gasteiger charge is -2.20. The third-order valence-corrected chi connectivity index (χ3v) is 4.39. The number of benzene rings is 1. The van der Waals surface area contributed by atoms with E-state index in [0.29, 0.717) is 0 Å². The monoisotopic (exact) mass is 275 g/mol. The molecule has 1 heterocycles. The van der Waals surface area contributed by atoms with Gasteiger partial charge in [0.25, 0.3) is 0 Å². The molecule has 0 amide bonds. The van der Waals surface area contributed by atoms with E-state index in [1.807, 2.05) is 18.2 Å². The van der Waals surface area contributed by atoms with Crippen LogP contribution in [0, 0.1) is 13.8 Å². The summed E-state index contributed by atoms with van der Waals surface area (Å²) in [7, 11) is 0. The zero-order chi connectivity index (χ0) is 13.8. The lowest BCUT2D eigenvalue weighted by atomic mass is 10.1. The molecular formula is C15H21N3S. The van der Waals surface area contributed by atoms with E-state index in [0.717, 1.165) is 31.0 Å². The van der Waals surface area contributed by atoms with E-state index in [1.165, 1.54) is 15.4 Å². The largest absolute Gasteiger partial charge is 0.398 e. The van der Waals surface area contributed by atoms with Gasteiger partial charge in [-0.25, -0.2) is 4.98 Å².